The predicted molar refractivity (Wildman–Crippen MR) is 65.8 cm³/mol. The van der Waals surface area contributed by atoms with Crippen LogP contribution in [0, 0.1) is 0 Å². The third-order valence-corrected chi connectivity index (χ3v) is 2.81. The number of likely N-dealkylation sites (N-methyl/N-ethyl adjacent to an activating group) is 1. The largest absolute Gasteiger partial charge is 0.435 e. The lowest BCUT2D eigenvalue weighted by molar-refractivity contribution is -0.142. The third-order valence-electron chi connectivity index (χ3n) is 2.81. The van der Waals surface area contributed by atoms with Crippen molar-refractivity contribution >= 4 is 5.91 Å². The van der Waals surface area contributed by atoms with Crippen LogP contribution in [-0.4, -0.2) is 45.9 Å². The zero-order chi connectivity index (χ0) is 15.2. The average Bonchev–Trinajstić information content (AvgIpc) is 2.82. The van der Waals surface area contributed by atoms with E-state index in [0.29, 0.717) is 13.0 Å². The summed E-state index contributed by atoms with van der Waals surface area (Å²) in [6, 6.07) is 0.842. The van der Waals surface area contributed by atoms with Gasteiger partial charge in [0.2, 0.25) is 5.91 Å². The maximum Gasteiger partial charge on any atom is 0.435 e. The fourth-order valence-corrected chi connectivity index (χ4v) is 1.62. The molecular weight excluding hydrogens is 275 g/mol. The van der Waals surface area contributed by atoms with Crippen molar-refractivity contribution in [3.8, 4) is 0 Å². The Bertz CT molecular complexity index is 432. The van der Waals surface area contributed by atoms with Crippen molar-refractivity contribution in [3.05, 3.63) is 18.0 Å². The molecule has 0 radical (unpaired) electrons. The molecule has 0 unspecified atom stereocenters. The van der Waals surface area contributed by atoms with Gasteiger partial charge < -0.3 is 10.0 Å². The number of carbonyl (C=O) groups excluding carboxylic acids is 1. The lowest BCUT2D eigenvalue weighted by Crippen LogP contribution is -2.31. The van der Waals surface area contributed by atoms with E-state index in [1.807, 2.05) is 0 Å². The summed E-state index contributed by atoms with van der Waals surface area (Å²) in [4.78, 5) is 13.2. The van der Waals surface area contributed by atoms with Crippen LogP contribution in [0.1, 0.15) is 25.0 Å². The number of rotatable bonds is 7. The molecule has 5 nitrogen and oxygen atoms in total. The number of hydrogen-bond acceptors (Lipinski definition) is 3. The average molecular weight is 293 g/mol. The Balaban J connectivity index is 2.43. The molecular formula is C12H18F3N3O2. The highest BCUT2D eigenvalue weighted by atomic mass is 19.4. The lowest BCUT2D eigenvalue weighted by atomic mass is 10.2. The molecule has 1 N–H and O–H groups in total. The van der Waals surface area contributed by atoms with Crippen molar-refractivity contribution in [3.63, 3.8) is 0 Å². The molecule has 0 saturated carbocycles. The van der Waals surface area contributed by atoms with Crippen LogP contribution in [0.25, 0.3) is 0 Å². The number of amides is 1. The quantitative estimate of drug-likeness (QED) is 0.776. The molecule has 0 saturated heterocycles. The van der Waals surface area contributed by atoms with E-state index in [1.54, 1.807) is 7.05 Å². The van der Waals surface area contributed by atoms with Crippen LogP contribution >= 0.6 is 0 Å². The fourth-order valence-electron chi connectivity index (χ4n) is 1.62. The maximum absolute atomic E-state index is 12.3. The molecule has 1 aromatic rings. The van der Waals surface area contributed by atoms with Crippen LogP contribution in [0.2, 0.25) is 0 Å². The molecule has 0 aliphatic rings. The first-order valence-electron chi connectivity index (χ1n) is 6.30. The topological polar surface area (TPSA) is 58.4 Å². The number of nitrogens with zero attached hydrogens (tertiary/aromatic N) is 3. The van der Waals surface area contributed by atoms with Crippen LogP contribution in [0.3, 0.4) is 0 Å². The molecule has 8 heteroatoms. The van der Waals surface area contributed by atoms with Gasteiger partial charge in [-0.05, 0) is 25.3 Å². The molecule has 0 aliphatic carbocycles. The minimum atomic E-state index is -4.50. The highest BCUT2D eigenvalue weighted by molar-refractivity contribution is 5.75. The Kier molecular flexibility index (Phi) is 6.00. The Morgan fingerprint density at radius 3 is 2.65 bits per heavy atom. The van der Waals surface area contributed by atoms with E-state index in [2.05, 4.69) is 5.10 Å². The first-order chi connectivity index (χ1) is 9.34. The van der Waals surface area contributed by atoms with Crippen molar-refractivity contribution in [2.75, 3.05) is 20.2 Å². The van der Waals surface area contributed by atoms with Crippen LogP contribution in [0.4, 0.5) is 13.2 Å². The van der Waals surface area contributed by atoms with E-state index in [-0.39, 0.29) is 19.1 Å². The Hall–Kier alpha value is -1.57. The van der Waals surface area contributed by atoms with Crippen LogP contribution in [0.5, 0.6) is 0 Å². The predicted octanol–water partition coefficient (Wildman–Crippen LogP) is 1.52. The summed E-state index contributed by atoms with van der Waals surface area (Å²) in [6.45, 7) is 0.407. The van der Waals surface area contributed by atoms with Gasteiger partial charge in [0, 0.05) is 26.4 Å². The maximum atomic E-state index is 12.3. The standard InChI is InChI=1S/C12H18F3N3O2/c1-17(6-3-2-4-8-19)11(20)9-18-7-5-10(16-18)12(13,14)15/h5,7,19H,2-4,6,8-9H2,1H3. The van der Waals surface area contributed by atoms with Crippen LogP contribution in [0.15, 0.2) is 12.3 Å². The number of halogens is 3. The first-order valence-corrected chi connectivity index (χ1v) is 6.30. The van der Waals surface area contributed by atoms with E-state index in [4.69, 9.17) is 5.11 Å². The van der Waals surface area contributed by atoms with E-state index in [0.717, 1.165) is 29.8 Å². The normalized spacial score (nSPS) is 11.7. The van der Waals surface area contributed by atoms with Gasteiger partial charge in [0.15, 0.2) is 5.69 Å². The summed E-state index contributed by atoms with van der Waals surface area (Å²) in [5.41, 5.74) is -1.00. The van der Waals surface area contributed by atoms with Crippen molar-refractivity contribution < 1.29 is 23.1 Å². The molecule has 0 bridgehead atoms. The fraction of sp³-hybridized carbons (Fsp3) is 0.667. The van der Waals surface area contributed by atoms with Crippen molar-refractivity contribution in [2.24, 2.45) is 0 Å². The van der Waals surface area contributed by atoms with Gasteiger partial charge in [-0.2, -0.15) is 18.3 Å². The number of carbonyl (C=O) groups is 1. The van der Waals surface area contributed by atoms with E-state index in [9.17, 15) is 18.0 Å². The van der Waals surface area contributed by atoms with Crippen LogP contribution in [-0.2, 0) is 17.5 Å². The number of unbranched alkanes of at least 4 members (excludes halogenated alkanes) is 2. The molecule has 1 aromatic heterocycles. The molecule has 1 rings (SSSR count). The van der Waals surface area contributed by atoms with Gasteiger partial charge in [-0.25, -0.2) is 0 Å². The summed E-state index contributed by atoms with van der Waals surface area (Å²) >= 11 is 0. The number of aliphatic hydroxyl groups excluding tert-OH is 1. The molecule has 1 amide bonds. The molecule has 0 atom stereocenters. The summed E-state index contributed by atoms with van der Waals surface area (Å²) in [7, 11) is 1.59. The van der Waals surface area contributed by atoms with E-state index in [1.165, 1.54) is 4.90 Å². The molecule has 0 spiro atoms. The van der Waals surface area contributed by atoms with Crippen molar-refractivity contribution in [1.29, 1.82) is 0 Å². The monoisotopic (exact) mass is 293 g/mol. The van der Waals surface area contributed by atoms with Crippen molar-refractivity contribution in [2.45, 2.75) is 32.0 Å². The number of aromatic nitrogens is 2. The highest BCUT2D eigenvalue weighted by Crippen LogP contribution is 2.27. The third kappa shape index (κ3) is 5.20. The van der Waals surface area contributed by atoms with Gasteiger partial charge >= 0.3 is 6.18 Å². The SMILES string of the molecule is CN(CCCCCO)C(=O)Cn1ccc(C(F)(F)F)n1. The molecule has 20 heavy (non-hydrogen) atoms. The van der Waals surface area contributed by atoms with Gasteiger partial charge in [0.25, 0.3) is 0 Å². The Labute approximate surface area is 115 Å². The highest BCUT2D eigenvalue weighted by Gasteiger charge is 2.33. The molecule has 114 valence electrons. The first kappa shape index (κ1) is 16.5. The minimum Gasteiger partial charge on any atom is -0.396 e. The minimum absolute atomic E-state index is 0.116. The zero-order valence-corrected chi connectivity index (χ0v) is 11.2. The summed E-state index contributed by atoms with van der Waals surface area (Å²) in [5.74, 6) is -0.300. The second-order valence-corrected chi connectivity index (χ2v) is 4.50. The summed E-state index contributed by atoms with van der Waals surface area (Å²) < 4.78 is 38.0. The smallest absolute Gasteiger partial charge is 0.396 e. The number of alkyl halides is 3. The van der Waals surface area contributed by atoms with Gasteiger partial charge in [-0.15, -0.1) is 0 Å². The summed E-state index contributed by atoms with van der Waals surface area (Å²) in [5, 5.41) is 11.9. The van der Waals surface area contributed by atoms with Gasteiger partial charge in [-0.3, -0.25) is 9.48 Å². The Morgan fingerprint density at radius 2 is 2.10 bits per heavy atom. The molecule has 0 fully saturated rings. The second-order valence-electron chi connectivity index (χ2n) is 4.50. The zero-order valence-electron chi connectivity index (χ0n) is 11.2. The van der Waals surface area contributed by atoms with Gasteiger partial charge in [0.05, 0.1) is 0 Å². The van der Waals surface area contributed by atoms with E-state index < -0.39 is 11.9 Å². The molecule has 0 aliphatic heterocycles. The second kappa shape index (κ2) is 7.28. The number of aliphatic hydroxyl groups is 1. The molecule has 0 aromatic carbocycles. The van der Waals surface area contributed by atoms with E-state index >= 15 is 0 Å². The van der Waals surface area contributed by atoms with Gasteiger partial charge in [-0.1, -0.05) is 0 Å². The Morgan fingerprint density at radius 1 is 1.40 bits per heavy atom. The molecule has 1 heterocycles. The summed E-state index contributed by atoms with van der Waals surface area (Å²) in [6.07, 6.45) is -1.13. The number of hydrogen-bond donors (Lipinski definition) is 1. The van der Waals surface area contributed by atoms with Crippen LogP contribution < -0.4 is 0 Å². The lowest BCUT2D eigenvalue weighted by Gasteiger charge is -2.16. The van der Waals surface area contributed by atoms with Crippen molar-refractivity contribution in [1.82, 2.24) is 14.7 Å². The van der Waals surface area contributed by atoms with Gasteiger partial charge in [0.1, 0.15) is 6.54 Å².